The largest absolute Gasteiger partial charge is 0.498 e. The van der Waals surface area contributed by atoms with E-state index in [4.69, 9.17) is 4.74 Å². The molecule has 1 atom stereocenters. The summed E-state index contributed by atoms with van der Waals surface area (Å²) in [5.74, 6) is 0. The molecule has 0 aromatic heterocycles. The monoisotopic (exact) mass is 258 g/mol. The molecule has 1 heterocycles. The molecule has 1 aliphatic heterocycles. The normalized spacial score (nSPS) is 18.9. The lowest BCUT2D eigenvalue weighted by molar-refractivity contribution is 0.109. The Kier molecular flexibility index (Phi) is 4.68. The SMILES string of the molecule is CC1=COC(CCCc2cc(C)c(C)c(C)c2)CC1. The first-order valence-electron chi connectivity index (χ1n) is 7.44. The zero-order valence-electron chi connectivity index (χ0n) is 12.8. The molecule has 0 fully saturated rings. The molecule has 1 aromatic rings. The van der Waals surface area contributed by atoms with Gasteiger partial charge in [0.2, 0.25) is 0 Å². The molecule has 2 rings (SSSR count). The van der Waals surface area contributed by atoms with E-state index >= 15 is 0 Å². The number of benzene rings is 1. The fraction of sp³-hybridized carbons (Fsp3) is 0.556. The predicted molar refractivity (Wildman–Crippen MR) is 81.5 cm³/mol. The number of allylic oxidation sites excluding steroid dienone is 1. The van der Waals surface area contributed by atoms with Crippen LogP contribution in [-0.4, -0.2) is 6.10 Å². The molecule has 0 saturated carbocycles. The molecule has 0 amide bonds. The summed E-state index contributed by atoms with van der Waals surface area (Å²) in [5.41, 5.74) is 7.12. The topological polar surface area (TPSA) is 9.23 Å². The third-order valence-corrected chi connectivity index (χ3v) is 4.30. The van der Waals surface area contributed by atoms with Crippen molar-refractivity contribution in [2.75, 3.05) is 0 Å². The van der Waals surface area contributed by atoms with E-state index < -0.39 is 0 Å². The third-order valence-electron chi connectivity index (χ3n) is 4.30. The Labute approximate surface area is 117 Å². The molecule has 0 saturated heterocycles. The minimum absolute atomic E-state index is 0.441. The van der Waals surface area contributed by atoms with Gasteiger partial charge in [-0.25, -0.2) is 0 Å². The lowest BCUT2D eigenvalue weighted by atomic mass is 9.96. The maximum Gasteiger partial charge on any atom is 0.0981 e. The minimum Gasteiger partial charge on any atom is -0.498 e. The second kappa shape index (κ2) is 6.27. The molecular weight excluding hydrogens is 232 g/mol. The van der Waals surface area contributed by atoms with E-state index in [-0.39, 0.29) is 0 Å². The fourth-order valence-corrected chi connectivity index (χ4v) is 2.74. The predicted octanol–water partition coefficient (Wildman–Crippen LogP) is 5.02. The highest BCUT2D eigenvalue weighted by Gasteiger charge is 2.13. The van der Waals surface area contributed by atoms with Crippen molar-refractivity contribution < 1.29 is 4.74 Å². The van der Waals surface area contributed by atoms with Gasteiger partial charge in [0.25, 0.3) is 0 Å². The summed E-state index contributed by atoms with van der Waals surface area (Å²) in [4.78, 5) is 0. The molecule has 1 aromatic carbocycles. The van der Waals surface area contributed by atoms with Crippen molar-refractivity contribution in [3.05, 3.63) is 46.2 Å². The van der Waals surface area contributed by atoms with Gasteiger partial charge in [-0.15, -0.1) is 0 Å². The van der Waals surface area contributed by atoms with E-state index in [0.717, 1.165) is 0 Å². The van der Waals surface area contributed by atoms with Gasteiger partial charge < -0.3 is 4.74 Å². The number of rotatable bonds is 4. The maximum atomic E-state index is 5.73. The molecule has 0 spiro atoms. The van der Waals surface area contributed by atoms with Crippen molar-refractivity contribution in [3.8, 4) is 0 Å². The van der Waals surface area contributed by atoms with E-state index in [1.54, 1.807) is 0 Å². The zero-order chi connectivity index (χ0) is 13.8. The first-order chi connectivity index (χ1) is 9.06. The molecule has 1 unspecified atom stereocenters. The molecule has 1 aliphatic rings. The van der Waals surface area contributed by atoms with Gasteiger partial charge in [0.15, 0.2) is 0 Å². The summed E-state index contributed by atoms with van der Waals surface area (Å²) in [6.07, 6.45) is 8.35. The lowest BCUT2D eigenvalue weighted by Crippen LogP contribution is -2.14. The summed E-state index contributed by atoms with van der Waals surface area (Å²) >= 11 is 0. The van der Waals surface area contributed by atoms with Crippen molar-refractivity contribution in [3.63, 3.8) is 0 Å². The summed E-state index contributed by atoms with van der Waals surface area (Å²) in [5, 5.41) is 0. The van der Waals surface area contributed by atoms with Gasteiger partial charge in [-0.3, -0.25) is 0 Å². The van der Waals surface area contributed by atoms with E-state index in [1.807, 2.05) is 6.26 Å². The maximum absolute atomic E-state index is 5.73. The average Bonchev–Trinajstić information content (AvgIpc) is 2.38. The Hall–Kier alpha value is -1.24. The van der Waals surface area contributed by atoms with E-state index in [0.29, 0.717) is 6.10 Å². The highest BCUT2D eigenvalue weighted by atomic mass is 16.5. The van der Waals surface area contributed by atoms with Crippen LogP contribution in [0.4, 0.5) is 0 Å². The van der Waals surface area contributed by atoms with Crippen molar-refractivity contribution in [1.29, 1.82) is 0 Å². The van der Waals surface area contributed by atoms with Crippen LogP contribution in [-0.2, 0) is 11.2 Å². The number of ether oxygens (including phenoxy) is 1. The smallest absolute Gasteiger partial charge is 0.0981 e. The molecule has 0 bridgehead atoms. The van der Waals surface area contributed by atoms with Crippen LogP contribution in [0.2, 0.25) is 0 Å². The van der Waals surface area contributed by atoms with Crippen LogP contribution in [0, 0.1) is 20.8 Å². The number of hydrogen-bond acceptors (Lipinski definition) is 1. The highest BCUT2D eigenvalue weighted by molar-refractivity contribution is 5.36. The van der Waals surface area contributed by atoms with E-state index in [9.17, 15) is 0 Å². The molecule has 0 radical (unpaired) electrons. The van der Waals surface area contributed by atoms with Gasteiger partial charge in [-0.2, -0.15) is 0 Å². The van der Waals surface area contributed by atoms with Crippen LogP contribution in [0.1, 0.15) is 54.9 Å². The lowest BCUT2D eigenvalue weighted by Gasteiger charge is -2.21. The highest BCUT2D eigenvalue weighted by Crippen LogP contribution is 2.22. The Morgan fingerprint density at radius 3 is 2.37 bits per heavy atom. The van der Waals surface area contributed by atoms with Crippen LogP contribution in [0.3, 0.4) is 0 Å². The Morgan fingerprint density at radius 2 is 1.79 bits per heavy atom. The number of aryl methyl sites for hydroxylation is 3. The van der Waals surface area contributed by atoms with Gasteiger partial charge in [0, 0.05) is 0 Å². The van der Waals surface area contributed by atoms with Gasteiger partial charge in [-0.1, -0.05) is 12.1 Å². The molecule has 1 nitrogen and oxygen atoms in total. The first kappa shape index (κ1) is 14.2. The number of hydrogen-bond donors (Lipinski definition) is 0. The van der Waals surface area contributed by atoms with Crippen molar-refractivity contribution in [2.24, 2.45) is 0 Å². The van der Waals surface area contributed by atoms with Crippen LogP contribution >= 0.6 is 0 Å². The van der Waals surface area contributed by atoms with Crippen LogP contribution in [0.5, 0.6) is 0 Å². The molecule has 19 heavy (non-hydrogen) atoms. The second-order valence-electron chi connectivity index (χ2n) is 6.01. The summed E-state index contributed by atoms with van der Waals surface area (Å²) < 4.78 is 5.73. The van der Waals surface area contributed by atoms with Crippen LogP contribution < -0.4 is 0 Å². The summed E-state index contributed by atoms with van der Waals surface area (Å²) in [7, 11) is 0. The van der Waals surface area contributed by atoms with Crippen LogP contribution in [0.25, 0.3) is 0 Å². The summed E-state index contributed by atoms with van der Waals surface area (Å²) in [6, 6.07) is 4.68. The minimum atomic E-state index is 0.441. The van der Waals surface area contributed by atoms with E-state index in [2.05, 4.69) is 39.8 Å². The van der Waals surface area contributed by atoms with Crippen molar-refractivity contribution in [1.82, 2.24) is 0 Å². The Balaban J connectivity index is 1.83. The average molecular weight is 258 g/mol. The molecule has 0 aliphatic carbocycles. The third kappa shape index (κ3) is 3.86. The molecule has 1 heteroatoms. The fourth-order valence-electron chi connectivity index (χ4n) is 2.74. The molecule has 104 valence electrons. The van der Waals surface area contributed by atoms with Crippen molar-refractivity contribution >= 4 is 0 Å². The van der Waals surface area contributed by atoms with Gasteiger partial charge in [0.05, 0.1) is 12.4 Å². The van der Waals surface area contributed by atoms with Gasteiger partial charge in [0.1, 0.15) is 0 Å². The van der Waals surface area contributed by atoms with Crippen molar-refractivity contribution in [2.45, 2.75) is 65.9 Å². The van der Waals surface area contributed by atoms with Gasteiger partial charge in [-0.05, 0) is 87.6 Å². The Morgan fingerprint density at radius 1 is 1.11 bits per heavy atom. The quantitative estimate of drug-likeness (QED) is 0.737. The van der Waals surface area contributed by atoms with Crippen LogP contribution in [0.15, 0.2) is 24.0 Å². The van der Waals surface area contributed by atoms with E-state index in [1.165, 1.54) is 59.9 Å². The zero-order valence-corrected chi connectivity index (χ0v) is 12.8. The molecule has 0 N–H and O–H groups in total. The first-order valence-corrected chi connectivity index (χ1v) is 7.44. The van der Waals surface area contributed by atoms with Gasteiger partial charge >= 0.3 is 0 Å². The molecular formula is C18H26O. The standard InChI is InChI=1S/C18H26O/c1-13-8-9-18(19-12-13)7-5-6-17-10-14(2)16(4)15(3)11-17/h10-12,18H,5-9H2,1-4H3. The Bertz CT molecular complexity index is 448. The second-order valence-corrected chi connectivity index (χ2v) is 6.01. The summed E-state index contributed by atoms with van der Waals surface area (Å²) in [6.45, 7) is 8.78.